The molecule has 0 atom stereocenters. The average molecular weight is 381 g/mol. The van der Waals surface area contributed by atoms with Crippen molar-refractivity contribution >= 4 is 39.0 Å². The van der Waals surface area contributed by atoms with Crippen molar-refractivity contribution in [2.45, 2.75) is 12.8 Å². The predicted octanol–water partition coefficient (Wildman–Crippen LogP) is 2.58. The van der Waals surface area contributed by atoms with Crippen molar-refractivity contribution < 1.29 is 4.79 Å². The molecule has 22 heavy (non-hydrogen) atoms. The van der Waals surface area contributed by atoms with Gasteiger partial charge in [-0.2, -0.15) is 0 Å². The number of aryl methyl sites for hydroxylation is 1. The van der Waals surface area contributed by atoms with E-state index < -0.39 is 0 Å². The number of carbonyl (C=O) groups is 1. The molecule has 0 unspecified atom stereocenters. The monoisotopic (exact) mass is 380 g/mol. The summed E-state index contributed by atoms with van der Waals surface area (Å²) in [6, 6.07) is 4.00. The minimum atomic E-state index is 0.221. The van der Waals surface area contributed by atoms with Crippen molar-refractivity contribution in [3.8, 4) is 0 Å². The van der Waals surface area contributed by atoms with Gasteiger partial charge in [-0.3, -0.25) is 4.79 Å². The van der Waals surface area contributed by atoms with Crippen LogP contribution in [0.3, 0.4) is 0 Å². The Labute approximate surface area is 142 Å². The molecule has 0 saturated carbocycles. The van der Waals surface area contributed by atoms with Crippen LogP contribution < -0.4 is 4.90 Å². The van der Waals surface area contributed by atoms with Crippen molar-refractivity contribution in [1.82, 2.24) is 14.9 Å². The first-order chi connectivity index (χ1) is 10.7. The number of aromatic nitrogens is 2. The van der Waals surface area contributed by atoms with Crippen LogP contribution in [0.1, 0.15) is 11.4 Å². The van der Waals surface area contributed by atoms with E-state index in [-0.39, 0.29) is 5.91 Å². The quantitative estimate of drug-likeness (QED) is 0.817. The molecule has 0 bridgehead atoms. The van der Waals surface area contributed by atoms with Crippen molar-refractivity contribution in [3.63, 3.8) is 0 Å². The highest BCUT2D eigenvalue weighted by Crippen LogP contribution is 2.17. The van der Waals surface area contributed by atoms with E-state index in [0.717, 1.165) is 47.9 Å². The van der Waals surface area contributed by atoms with Crippen LogP contribution >= 0.6 is 27.3 Å². The first-order valence-electron chi connectivity index (χ1n) is 7.25. The largest absolute Gasteiger partial charge is 0.353 e. The van der Waals surface area contributed by atoms with Crippen LogP contribution in [0.25, 0.3) is 0 Å². The molecule has 1 amide bonds. The van der Waals surface area contributed by atoms with E-state index in [1.54, 1.807) is 23.7 Å². The smallest absolute Gasteiger partial charge is 0.223 e. The fraction of sp³-hybridized carbons (Fsp3) is 0.400. The molecule has 116 valence electrons. The number of pyridine rings is 1. The zero-order valence-electron chi connectivity index (χ0n) is 12.1. The van der Waals surface area contributed by atoms with Crippen molar-refractivity contribution in [3.05, 3.63) is 39.4 Å². The standard InChI is InChI=1S/C15H17BrN4OS/c16-12-1-2-13(18-11-12)19-6-8-20(9-7-19)15(21)4-3-14-17-5-10-22-14/h1-2,5,10-11H,3-4,6-9H2. The highest BCUT2D eigenvalue weighted by molar-refractivity contribution is 9.10. The Kier molecular flexibility index (Phi) is 5.04. The number of anilines is 1. The second-order valence-corrected chi connectivity index (χ2v) is 7.02. The van der Waals surface area contributed by atoms with Gasteiger partial charge in [-0.25, -0.2) is 9.97 Å². The maximum Gasteiger partial charge on any atom is 0.223 e. The predicted molar refractivity (Wildman–Crippen MR) is 91.2 cm³/mol. The minimum absolute atomic E-state index is 0.221. The molecule has 3 rings (SSSR count). The van der Waals surface area contributed by atoms with Crippen LogP contribution in [0, 0.1) is 0 Å². The van der Waals surface area contributed by atoms with E-state index in [9.17, 15) is 4.79 Å². The van der Waals surface area contributed by atoms with Crippen LogP contribution in [0.5, 0.6) is 0 Å². The molecule has 0 spiro atoms. The van der Waals surface area contributed by atoms with Gasteiger partial charge in [0.15, 0.2) is 0 Å². The third-order valence-electron chi connectivity index (χ3n) is 3.70. The summed E-state index contributed by atoms with van der Waals surface area (Å²) in [7, 11) is 0. The maximum absolute atomic E-state index is 12.2. The molecule has 0 radical (unpaired) electrons. The third kappa shape index (κ3) is 3.84. The van der Waals surface area contributed by atoms with E-state index in [1.807, 2.05) is 22.4 Å². The van der Waals surface area contributed by atoms with Gasteiger partial charge in [0.25, 0.3) is 0 Å². The van der Waals surface area contributed by atoms with Crippen LogP contribution in [0.2, 0.25) is 0 Å². The molecule has 1 aliphatic rings. The Hall–Kier alpha value is -1.47. The van der Waals surface area contributed by atoms with Gasteiger partial charge in [0, 0.05) is 61.3 Å². The van der Waals surface area contributed by atoms with Gasteiger partial charge in [0.1, 0.15) is 5.82 Å². The van der Waals surface area contributed by atoms with E-state index >= 15 is 0 Å². The lowest BCUT2D eigenvalue weighted by Gasteiger charge is -2.35. The van der Waals surface area contributed by atoms with Gasteiger partial charge in [0.2, 0.25) is 5.91 Å². The first-order valence-corrected chi connectivity index (χ1v) is 8.92. The molecule has 5 nitrogen and oxygen atoms in total. The molecule has 7 heteroatoms. The van der Waals surface area contributed by atoms with Gasteiger partial charge in [0.05, 0.1) is 5.01 Å². The Morgan fingerprint density at radius 3 is 2.68 bits per heavy atom. The lowest BCUT2D eigenvalue weighted by Crippen LogP contribution is -2.49. The number of nitrogens with zero attached hydrogens (tertiary/aromatic N) is 4. The summed E-state index contributed by atoms with van der Waals surface area (Å²) in [5.74, 6) is 1.19. The highest BCUT2D eigenvalue weighted by atomic mass is 79.9. The van der Waals surface area contributed by atoms with Crippen LogP contribution in [0.15, 0.2) is 34.4 Å². The van der Waals surface area contributed by atoms with Crippen molar-refractivity contribution in [1.29, 1.82) is 0 Å². The summed E-state index contributed by atoms with van der Waals surface area (Å²) in [5.41, 5.74) is 0. The number of halogens is 1. The van der Waals surface area contributed by atoms with Crippen molar-refractivity contribution in [2.75, 3.05) is 31.1 Å². The zero-order valence-corrected chi connectivity index (χ0v) is 14.5. The Morgan fingerprint density at radius 1 is 1.23 bits per heavy atom. The number of carbonyl (C=O) groups excluding carboxylic acids is 1. The Balaban J connectivity index is 1.48. The van der Waals surface area contributed by atoms with E-state index in [0.29, 0.717) is 6.42 Å². The SMILES string of the molecule is O=C(CCc1nccs1)N1CCN(c2ccc(Br)cn2)CC1. The fourth-order valence-electron chi connectivity index (χ4n) is 2.49. The van der Waals surface area contributed by atoms with Gasteiger partial charge in [-0.05, 0) is 28.1 Å². The molecular weight excluding hydrogens is 364 g/mol. The summed E-state index contributed by atoms with van der Waals surface area (Å²) < 4.78 is 0.979. The van der Waals surface area contributed by atoms with E-state index in [4.69, 9.17) is 0 Å². The Morgan fingerprint density at radius 2 is 2.05 bits per heavy atom. The molecule has 3 heterocycles. The normalized spacial score (nSPS) is 15.1. The summed E-state index contributed by atoms with van der Waals surface area (Å²) >= 11 is 5.00. The Bertz CT molecular complexity index is 609. The molecule has 1 fully saturated rings. The lowest BCUT2D eigenvalue weighted by atomic mass is 10.2. The van der Waals surface area contributed by atoms with E-state index in [2.05, 4.69) is 30.8 Å². The third-order valence-corrected chi connectivity index (χ3v) is 5.01. The molecule has 1 saturated heterocycles. The lowest BCUT2D eigenvalue weighted by molar-refractivity contribution is -0.131. The molecule has 0 aromatic carbocycles. The number of rotatable bonds is 4. The second kappa shape index (κ2) is 7.19. The number of hydrogen-bond acceptors (Lipinski definition) is 5. The first kappa shape index (κ1) is 15.4. The number of amides is 1. The van der Waals surface area contributed by atoms with Gasteiger partial charge >= 0.3 is 0 Å². The van der Waals surface area contributed by atoms with E-state index in [1.165, 1.54) is 0 Å². The van der Waals surface area contributed by atoms with Gasteiger partial charge < -0.3 is 9.80 Å². The summed E-state index contributed by atoms with van der Waals surface area (Å²) in [4.78, 5) is 25.0. The fourth-order valence-corrected chi connectivity index (χ4v) is 3.34. The molecule has 1 aliphatic heterocycles. The number of hydrogen-bond donors (Lipinski definition) is 0. The molecule has 2 aromatic heterocycles. The van der Waals surface area contributed by atoms with Crippen LogP contribution in [-0.2, 0) is 11.2 Å². The molecule has 0 N–H and O–H groups in total. The molecule has 2 aromatic rings. The van der Waals surface area contributed by atoms with Crippen molar-refractivity contribution in [2.24, 2.45) is 0 Å². The molecule has 0 aliphatic carbocycles. The zero-order chi connectivity index (χ0) is 15.4. The van der Waals surface area contributed by atoms with Crippen LogP contribution in [0.4, 0.5) is 5.82 Å². The minimum Gasteiger partial charge on any atom is -0.353 e. The average Bonchev–Trinajstić information content (AvgIpc) is 3.07. The van der Waals surface area contributed by atoms with Gasteiger partial charge in [-0.15, -0.1) is 11.3 Å². The molecular formula is C15H17BrN4OS. The van der Waals surface area contributed by atoms with Gasteiger partial charge in [-0.1, -0.05) is 0 Å². The highest BCUT2D eigenvalue weighted by Gasteiger charge is 2.21. The second-order valence-electron chi connectivity index (χ2n) is 5.13. The summed E-state index contributed by atoms with van der Waals surface area (Å²) in [6.45, 7) is 3.18. The number of piperazine rings is 1. The topological polar surface area (TPSA) is 49.3 Å². The van der Waals surface area contributed by atoms with Crippen LogP contribution in [-0.4, -0.2) is 47.0 Å². The maximum atomic E-state index is 12.2. The number of thiazole rings is 1. The summed E-state index contributed by atoms with van der Waals surface area (Å²) in [5, 5.41) is 2.98. The summed E-state index contributed by atoms with van der Waals surface area (Å²) in [6.07, 6.45) is 4.88.